The van der Waals surface area contributed by atoms with Crippen LogP contribution in [0.5, 0.6) is 0 Å². The van der Waals surface area contributed by atoms with E-state index in [4.69, 9.17) is 0 Å². The van der Waals surface area contributed by atoms with Gasteiger partial charge in [0.2, 0.25) is 0 Å². The Morgan fingerprint density at radius 2 is 1.81 bits per heavy atom. The zero-order chi connectivity index (χ0) is 11.6. The fourth-order valence-electron chi connectivity index (χ4n) is 1.31. The summed E-state index contributed by atoms with van der Waals surface area (Å²) < 4.78 is 36.4. The summed E-state index contributed by atoms with van der Waals surface area (Å²) in [6.07, 6.45) is 0. The van der Waals surface area contributed by atoms with E-state index in [9.17, 15) is 12.8 Å². The van der Waals surface area contributed by atoms with E-state index in [-0.39, 0.29) is 10.6 Å². The van der Waals surface area contributed by atoms with E-state index in [1.54, 1.807) is 12.1 Å². The Morgan fingerprint density at radius 3 is 2.38 bits per heavy atom. The molecule has 1 aromatic heterocycles. The normalized spacial score (nSPS) is 11.6. The number of hydrogen-bond donors (Lipinski definition) is 0. The van der Waals surface area contributed by atoms with Gasteiger partial charge < -0.3 is 0 Å². The van der Waals surface area contributed by atoms with E-state index in [0.717, 1.165) is 17.0 Å². The second-order valence-corrected chi connectivity index (χ2v) is 6.31. The van der Waals surface area contributed by atoms with E-state index >= 15 is 0 Å². The summed E-state index contributed by atoms with van der Waals surface area (Å²) in [6, 6.07) is 8.46. The van der Waals surface area contributed by atoms with Crippen molar-refractivity contribution in [1.82, 2.24) is 0 Å². The van der Waals surface area contributed by atoms with Gasteiger partial charge in [-0.2, -0.15) is 0 Å². The van der Waals surface area contributed by atoms with Crippen molar-refractivity contribution in [2.24, 2.45) is 0 Å². The Kier molecular flexibility index (Phi) is 3.07. The molecule has 2 rings (SSSR count). The monoisotopic (exact) mass is 256 g/mol. The Morgan fingerprint density at radius 1 is 1.12 bits per heavy atom. The van der Waals surface area contributed by atoms with Crippen molar-refractivity contribution in [2.75, 3.05) is 0 Å². The summed E-state index contributed by atoms with van der Waals surface area (Å²) in [4.78, 5) is 0.937. The van der Waals surface area contributed by atoms with Crippen LogP contribution in [0.25, 0.3) is 0 Å². The molecule has 1 aromatic carbocycles. The number of rotatable bonds is 3. The standard InChI is InChI=1S/C11H9FO2S2/c12-9-3-5-11(6-4-9)16(13,14)8-10-2-1-7-15-10/h1-7H,8H2. The van der Waals surface area contributed by atoms with Crippen molar-refractivity contribution in [3.05, 3.63) is 52.5 Å². The van der Waals surface area contributed by atoms with Gasteiger partial charge in [-0.15, -0.1) is 11.3 Å². The summed E-state index contributed by atoms with van der Waals surface area (Å²) in [5.74, 6) is -0.467. The molecule has 2 nitrogen and oxygen atoms in total. The molecule has 0 bridgehead atoms. The first-order valence-electron chi connectivity index (χ1n) is 4.59. The van der Waals surface area contributed by atoms with E-state index in [2.05, 4.69) is 0 Å². The molecule has 0 saturated heterocycles. The van der Waals surface area contributed by atoms with Gasteiger partial charge in [-0.25, -0.2) is 12.8 Å². The lowest BCUT2D eigenvalue weighted by molar-refractivity contribution is 0.594. The van der Waals surface area contributed by atoms with Gasteiger partial charge in [-0.3, -0.25) is 0 Å². The predicted molar refractivity (Wildman–Crippen MR) is 61.6 cm³/mol. The van der Waals surface area contributed by atoms with Crippen LogP contribution in [0.3, 0.4) is 0 Å². The van der Waals surface area contributed by atoms with E-state index in [1.165, 1.54) is 23.5 Å². The highest BCUT2D eigenvalue weighted by Crippen LogP contribution is 2.19. The summed E-state index contributed by atoms with van der Waals surface area (Å²) >= 11 is 1.39. The van der Waals surface area contributed by atoms with Crippen LogP contribution in [0.4, 0.5) is 4.39 Å². The molecular formula is C11H9FO2S2. The third kappa shape index (κ3) is 2.48. The van der Waals surface area contributed by atoms with Crippen LogP contribution in [-0.4, -0.2) is 8.42 Å². The predicted octanol–water partition coefficient (Wildman–Crippen LogP) is 2.86. The lowest BCUT2D eigenvalue weighted by Gasteiger charge is -2.02. The van der Waals surface area contributed by atoms with Crippen LogP contribution in [0.1, 0.15) is 4.88 Å². The van der Waals surface area contributed by atoms with Gasteiger partial charge in [0.25, 0.3) is 0 Å². The van der Waals surface area contributed by atoms with Gasteiger partial charge in [0.05, 0.1) is 10.6 Å². The molecule has 0 aliphatic carbocycles. The molecule has 5 heteroatoms. The van der Waals surface area contributed by atoms with Crippen LogP contribution in [0, 0.1) is 5.82 Å². The van der Waals surface area contributed by atoms with Gasteiger partial charge in [0.15, 0.2) is 9.84 Å². The average Bonchev–Trinajstić information content (AvgIpc) is 2.70. The Labute approximate surface area is 97.3 Å². The average molecular weight is 256 g/mol. The first kappa shape index (κ1) is 11.3. The molecule has 0 amide bonds. The second-order valence-electron chi connectivity index (χ2n) is 3.29. The second kappa shape index (κ2) is 4.35. The molecule has 0 saturated carbocycles. The summed E-state index contributed by atoms with van der Waals surface area (Å²) in [5.41, 5.74) is 0. The largest absolute Gasteiger partial charge is 0.223 e. The maximum Gasteiger partial charge on any atom is 0.183 e. The number of halogens is 1. The topological polar surface area (TPSA) is 34.1 Å². The third-order valence-corrected chi connectivity index (χ3v) is 4.83. The van der Waals surface area contributed by atoms with Crippen LogP contribution in [0.2, 0.25) is 0 Å². The lowest BCUT2D eigenvalue weighted by atomic mass is 10.4. The van der Waals surface area contributed by atoms with Gasteiger partial charge in [0, 0.05) is 4.88 Å². The Bertz CT molecular complexity index is 557. The van der Waals surface area contributed by atoms with E-state index in [0.29, 0.717) is 0 Å². The molecule has 0 unspecified atom stereocenters. The highest BCUT2D eigenvalue weighted by atomic mass is 32.2. The summed E-state index contributed by atoms with van der Waals surface area (Å²) in [6.45, 7) is 0. The van der Waals surface area contributed by atoms with Crippen LogP contribution in [0.15, 0.2) is 46.7 Å². The van der Waals surface area contributed by atoms with Crippen molar-refractivity contribution in [1.29, 1.82) is 0 Å². The Balaban J connectivity index is 2.29. The molecule has 0 radical (unpaired) electrons. The zero-order valence-corrected chi connectivity index (χ0v) is 9.89. The Hall–Kier alpha value is -1.20. The van der Waals surface area contributed by atoms with Crippen molar-refractivity contribution in [2.45, 2.75) is 10.6 Å². The molecule has 1 heterocycles. The fraction of sp³-hybridized carbons (Fsp3) is 0.0909. The highest BCUT2D eigenvalue weighted by Gasteiger charge is 2.15. The molecule has 0 aliphatic heterocycles. The quantitative estimate of drug-likeness (QED) is 0.791. The number of hydrogen-bond acceptors (Lipinski definition) is 3. The highest BCUT2D eigenvalue weighted by molar-refractivity contribution is 7.90. The van der Waals surface area contributed by atoms with Crippen molar-refractivity contribution < 1.29 is 12.8 Å². The van der Waals surface area contributed by atoms with Crippen molar-refractivity contribution >= 4 is 21.2 Å². The minimum Gasteiger partial charge on any atom is -0.223 e. The molecular weight excluding hydrogens is 247 g/mol. The third-order valence-electron chi connectivity index (χ3n) is 2.09. The molecule has 2 aromatic rings. The van der Waals surface area contributed by atoms with Crippen molar-refractivity contribution in [3.63, 3.8) is 0 Å². The van der Waals surface area contributed by atoms with Crippen LogP contribution >= 0.6 is 11.3 Å². The lowest BCUT2D eigenvalue weighted by Crippen LogP contribution is -2.03. The SMILES string of the molecule is O=S(=O)(Cc1cccs1)c1ccc(F)cc1. The summed E-state index contributed by atoms with van der Waals surface area (Å²) in [5, 5.41) is 1.83. The van der Waals surface area contributed by atoms with Crippen LogP contribution in [-0.2, 0) is 15.6 Å². The molecule has 84 valence electrons. The van der Waals surface area contributed by atoms with Gasteiger partial charge in [-0.1, -0.05) is 6.07 Å². The van der Waals surface area contributed by atoms with Gasteiger partial charge in [-0.05, 0) is 35.7 Å². The smallest absolute Gasteiger partial charge is 0.183 e. The number of benzene rings is 1. The first-order chi connectivity index (χ1) is 7.58. The maximum absolute atomic E-state index is 12.7. The molecule has 0 atom stereocenters. The van der Waals surface area contributed by atoms with Gasteiger partial charge in [0.1, 0.15) is 5.82 Å². The zero-order valence-electron chi connectivity index (χ0n) is 8.26. The van der Waals surface area contributed by atoms with Crippen molar-refractivity contribution in [3.8, 4) is 0 Å². The fourth-order valence-corrected chi connectivity index (χ4v) is 3.72. The number of sulfone groups is 1. The minimum absolute atomic E-state index is 0.0314. The molecule has 0 spiro atoms. The molecule has 0 aliphatic rings. The maximum atomic E-state index is 12.7. The first-order valence-corrected chi connectivity index (χ1v) is 7.12. The summed E-state index contributed by atoms with van der Waals surface area (Å²) in [7, 11) is -3.36. The minimum atomic E-state index is -3.36. The number of thiophene rings is 1. The molecule has 0 fully saturated rings. The molecule has 0 N–H and O–H groups in total. The van der Waals surface area contributed by atoms with Gasteiger partial charge >= 0.3 is 0 Å². The van der Waals surface area contributed by atoms with Crippen LogP contribution < -0.4 is 0 Å². The van der Waals surface area contributed by atoms with E-state index in [1.807, 2.05) is 5.38 Å². The molecule has 16 heavy (non-hydrogen) atoms. The van der Waals surface area contributed by atoms with E-state index < -0.39 is 15.7 Å².